The Morgan fingerprint density at radius 2 is 1.88 bits per heavy atom. The van der Waals surface area contributed by atoms with Crippen molar-refractivity contribution in [2.45, 2.75) is 25.7 Å². The Hall–Kier alpha value is -3.95. The van der Waals surface area contributed by atoms with E-state index in [4.69, 9.17) is 14.0 Å². The fraction of sp³-hybridized carbons (Fsp3) is 0.375. The van der Waals surface area contributed by atoms with Crippen molar-refractivity contribution in [3.8, 4) is 23.1 Å². The zero-order valence-electron chi connectivity index (χ0n) is 19.2. The van der Waals surface area contributed by atoms with Crippen molar-refractivity contribution in [1.82, 2.24) is 25.3 Å². The van der Waals surface area contributed by atoms with Gasteiger partial charge >= 0.3 is 0 Å². The summed E-state index contributed by atoms with van der Waals surface area (Å²) in [4.78, 5) is 35.4. The van der Waals surface area contributed by atoms with Gasteiger partial charge in [-0.05, 0) is 44.0 Å². The van der Waals surface area contributed by atoms with Crippen molar-refractivity contribution >= 4 is 11.8 Å². The molecular weight excluding hydrogens is 438 g/mol. The highest BCUT2D eigenvalue weighted by Crippen LogP contribution is 2.30. The number of likely N-dealkylation sites (tertiary alicyclic amines) is 1. The SMILES string of the molecule is CCOc1ccc(-c2noc(C3CCN(C(=O)CNC(=O)c4ccccc4)CC3)n2)nc1OC. The number of aromatic nitrogens is 3. The summed E-state index contributed by atoms with van der Waals surface area (Å²) in [6.45, 7) is 3.46. The van der Waals surface area contributed by atoms with Crippen molar-refractivity contribution in [3.05, 3.63) is 53.9 Å². The van der Waals surface area contributed by atoms with Gasteiger partial charge < -0.3 is 24.2 Å². The molecule has 1 aliphatic rings. The van der Waals surface area contributed by atoms with Crippen LogP contribution in [0.3, 0.4) is 0 Å². The fourth-order valence-electron chi connectivity index (χ4n) is 3.80. The predicted octanol–water partition coefficient (Wildman–Crippen LogP) is 2.67. The minimum atomic E-state index is -0.262. The number of pyridine rings is 1. The number of carbonyl (C=O) groups is 2. The predicted molar refractivity (Wildman–Crippen MR) is 123 cm³/mol. The first-order chi connectivity index (χ1) is 16.6. The van der Waals surface area contributed by atoms with Gasteiger partial charge in [-0.25, -0.2) is 4.98 Å². The number of ether oxygens (including phenoxy) is 2. The van der Waals surface area contributed by atoms with Crippen LogP contribution in [0.15, 0.2) is 47.0 Å². The quantitative estimate of drug-likeness (QED) is 0.539. The number of hydrogen-bond donors (Lipinski definition) is 1. The van der Waals surface area contributed by atoms with E-state index in [9.17, 15) is 9.59 Å². The lowest BCUT2D eigenvalue weighted by atomic mass is 9.96. The molecule has 10 nitrogen and oxygen atoms in total. The first-order valence-corrected chi connectivity index (χ1v) is 11.2. The molecule has 0 saturated carbocycles. The topological polar surface area (TPSA) is 120 Å². The van der Waals surface area contributed by atoms with Gasteiger partial charge in [0.25, 0.3) is 11.8 Å². The molecule has 3 aromatic rings. The fourth-order valence-corrected chi connectivity index (χ4v) is 3.80. The highest BCUT2D eigenvalue weighted by molar-refractivity contribution is 5.96. The molecule has 3 heterocycles. The molecule has 1 aliphatic heterocycles. The summed E-state index contributed by atoms with van der Waals surface area (Å²) in [6, 6.07) is 12.4. The monoisotopic (exact) mass is 465 g/mol. The Morgan fingerprint density at radius 3 is 2.59 bits per heavy atom. The molecule has 0 aliphatic carbocycles. The third-order valence-electron chi connectivity index (χ3n) is 5.62. The number of methoxy groups -OCH3 is 1. The average molecular weight is 466 g/mol. The third kappa shape index (κ3) is 5.33. The minimum Gasteiger partial charge on any atom is -0.488 e. The molecule has 10 heteroatoms. The molecule has 34 heavy (non-hydrogen) atoms. The number of hydrogen-bond acceptors (Lipinski definition) is 8. The molecule has 0 unspecified atom stereocenters. The molecule has 1 aromatic carbocycles. The Bertz CT molecular complexity index is 1130. The maximum atomic E-state index is 12.5. The lowest BCUT2D eigenvalue weighted by Gasteiger charge is -2.30. The zero-order valence-corrected chi connectivity index (χ0v) is 19.2. The van der Waals surface area contributed by atoms with Gasteiger partial charge in [0.15, 0.2) is 5.75 Å². The Morgan fingerprint density at radius 1 is 1.12 bits per heavy atom. The Balaban J connectivity index is 1.31. The normalized spacial score (nSPS) is 14.0. The molecule has 0 radical (unpaired) electrons. The molecule has 2 aromatic heterocycles. The van der Waals surface area contributed by atoms with Gasteiger partial charge in [0.2, 0.25) is 17.6 Å². The van der Waals surface area contributed by atoms with Crippen molar-refractivity contribution in [2.24, 2.45) is 0 Å². The Kier molecular flexibility index (Phi) is 7.36. The van der Waals surface area contributed by atoms with E-state index < -0.39 is 0 Å². The van der Waals surface area contributed by atoms with Crippen LogP contribution >= 0.6 is 0 Å². The van der Waals surface area contributed by atoms with Crippen LogP contribution in [0, 0.1) is 0 Å². The third-order valence-corrected chi connectivity index (χ3v) is 5.62. The van der Waals surface area contributed by atoms with E-state index in [0.29, 0.717) is 67.1 Å². The lowest BCUT2D eigenvalue weighted by molar-refractivity contribution is -0.131. The molecule has 0 atom stereocenters. The van der Waals surface area contributed by atoms with Gasteiger partial charge in [0.05, 0.1) is 20.3 Å². The van der Waals surface area contributed by atoms with Crippen LogP contribution in [0.1, 0.15) is 41.9 Å². The number of piperidine rings is 1. The van der Waals surface area contributed by atoms with Gasteiger partial charge in [-0.3, -0.25) is 9.59 Å². The highest BCUT2D eigenvalue weighted by atomic mass is 16.5. The summed E-state index contributed by atoms with van der Waals surface area (Å²) < 4.78 is 16.3. The van der Waals surface area contributed by atoms with E-state index in [-0.39, 0.29) is 24.3 Å². The van der Waals surface area contributed by atoms with Crippen LogP contribution < -0.4 is 14.8 Å². The summed E-state index contributed by atoms with van der Waals surface area (Å²) in [7, 11) is 1.53. The van der Waals surface area contributed by atoms with Crippen molar-refractivity contribution < 1.29 is 23.6 Å². The second-order valence-corrected chi connectivity index (χ2v) is 7.80. The molecule has 1 N–H and O–H groups in total. The average Bonchev–Trinajstić information content (AvgIpc) is 3.38. The van der Waals surface area contributed by atoms with E-state index >= 15 is 0 Å². The van der Waals surface area contributed by atoms with Crippen molar-refractivity contribution in [1.29, 1.82) is 0 Å². The van der Waals surface area contributed by atoms with E-state index in [1.165, 1.54) is 7.11 Å². The van der Waals surface area contributed by atoms with Crippen molar-refractivity contribution in [3.63, 3.8) is 0 Å². The number of benzene rings is 1. The van der Waals surface area contributed by atoms with Gasteiger partial charge in [-0.15, -0.1) is 0 Å². The van der Waals surface area contributed by atoms with Crippen LogP contribution in [0.5, 0.6) is 11.6 Å². The second kappa shape index (κ2) is 10.8. The van der Waals surface area contributed by atoms with Gasteiger partial charge in [0, 0.05) is 24.6 Å². The molecule has 178 valence electrons. The largest absolute Gasteiger partial charge is 0.488 e. The Labute approximate surface area is 197 Å². The minimum absolute atomic E-state index is 0.0334. The second-order valence-electron chi connectivity index (χ2n) is 7.80. The summed E-state index contributed by atoms with van der Waals surface area (Å²) in [5, 5.41) is 6.76. The number of nitrogens with zero attached hydrogens (tertiary/aromatic N) is 4. The number of amides is 2. The van der Waals surface area contributed by atoms with Crippen molar-refractivity contribution in [2.75, 3.05) is 33.4 Å². The summed E-state index contributed by atoms with van der Waals surface area (Å²) in [6.07, 6.45) is 1.39. The standard InChI is InChI=1S/C24H27N5O5/c1-3-33-19-10-9-18(26-24(19)32-2)21-27-23(34-28-21)17-11-13-29(14-12-17)20(30)15-25-22(31)16-7-5-4-6-8-16/h4-10,17H,3,11-15H2,1-2H3,(H,25,31). The van der Waals surface area contributed by atoms with Crippen LogP contribution in [0.2, 0.25) is 0 Å². The van der Waals surface area contributed by atoms with Gasteiger partial charge in [0.1, 0.15) is 5.69 Å². The maximum Gasteiger partial charge on any atom is 0.257 e. The van der Waals surface area contributed by atoms with E-state index in [1.54, 1.807) is 41.3 Å². The molecule has 0 bridgehead atoms. The molecule has 0 spiro atoms. The molecule has 2 amide bonds. The number of rotatable bonds is 8. The molecular formula is C24H27N5O5. The van der Waals surface area contributed by atoms with E-state index in [2.05, 4.69) is 20.4 Å². The van der Waals surface area contributed by atoms with Crippen LogP contribution in [-0.4, -0.2) is 65.2 Å². The number of nitrogens with one attached hydrogen (secondary N) is 1. The van der Waals surface area contributed by atoms with E-state index in [0.717, 1.165) is 0 Å². The lowest BCUT2D eigenvalue weighted by Crippen LogP contribution is -2.43. The summed E-state index contributed by atoms with van der Waals surface area (Å²) in [5.74, 6) is 1.48. The summed E-state index contributed by atoms with van der Waals surface area (Å²) in [5.41, 5.74) is 1.05. The van der Waals surface area contributed by atoms with Crippen LogP contribution in [0.25, 0.3) is 11.5 Å². The summed E-state index contributed by atoms with van der Waals surface area (Å²) >= 11 is 0. The van der Waals surface area contributed by atoms with Crippen LogP contribution in [-0.2, 0) is 4.79 Å². The van der Waals surface area contributed by atoms with Gasteiger partial charge in [-0.1, -0.05) is 23.4 Å². The zero-order chi connectivity index (χ0) is 23.9. The molecule has 1 saturated heterocycles. The first kappa shape index (κ1) is 23.2. The van der Waals surface area contributed by atoms with Crippen LogP contribution in [0.4, 0.5) is 0 Å². The van der Waals surface area contributed by atoms with Gasteiger partial charge in [-0.2, -0.15) is 4.98 Å². The molecule has 4 rings (SSSR count). The highest BCUT2D eigenvalue weighted by Gasteiger charge is 2.28. The first-order valence-electron chi connectivity index (χ1n) is 11.2. The van der Waals surface area contributed by atoms with E-state index in [1.807, 2.05) is 13.0 Å². The maximum absolute atomic E-state index is 12.5. The molecule has 1 fully saturated rings. The smallest absolute Gasteiger partial charge is 0.257 e. The number of carbonyl (C=O) groups excluding carboxylic acids is 2.